The van der Waals surface area contributed by atoms with E-state index in [1.807, 2.05) is 6.07 Å². The van der Waals surface area contributed by atoms with Gasteiger partial charge in [0.25, 0.3) is 0 Å². The Hall–Kier alpha value is -1.38. The molecule has 0 aliphatic rings. The fourth-order valence-electron chi connectivity index (χ4n) is 2.56. The maximum atomic E-state index is 13.2. The highest BCUT2D eigenvalue weighted by Gasteiger charge is 2.16. The second kappa shape index (κ2) is 7.58. The number of nitrogens with one attached hydrogen (secondary N) is 1. The van der Waals surface area contributed by atoms with Crippen molar-refractivity contribution in [2.45, 2.75) is 38.8 Å². The van der Waals surface area contributed by atoms with E-state index in [1.54, 1.807) is 6.07 Å². The third kappa shape index (κ3) is 4.29. The number of hydrogen-bond acceptors (Lipinski definition) is 1. The van der Waals surface area contributed by atoms with Crippen LogP contribution < -0.4 is 5.32 Å². The summed E-state index contributed by atoms with van der Waals surface area (Å²) in [6.45, 7) is 4.23. The minimum absolute atomic E-state index is 0.0647. The van der Waals surface area contributed by atoms with E-state index in [1.165, 1.54) is 17.7 Å². The molecule has 0 aliphatic heterocycles. The zero-order valence-electron chi connectivity index (χ0n) is 12.4. The average molecular weight is 306 g/mol. The summed E-state index contributed by atoms with van der Waals surface area (Å²) in [6.07, 6.45) is 2.14. The van der Waals surface area contributed by atoms with Gasteiger partial charge in [-0.05, 0) is 36.6 Å². The van der Waals surface area contributed by atoms with E-state index in [-0.39, 0.29) is 17.9 Å². The number of benzene rings is 2. The summed E-state index contributed by atoms with van der Waals surface area (Å²) in [6, 6.07) is 15.3. The van der Waals surface area contributed by atoms with Gasteiger partial charge in [-0.3, -0.25) is 0 Å². The Morgan fingerprint density at radius 1 is 1.14 bits per heavy atom. The molecule has 0 heterocycles. The molecule has 0 aliphatic carbocycles. The first-order valence-electron chi connectivity index (χ1n) is 7.37. The van der Waals surface area contributed by atoms with Crippen molar-refractivity contribution in [2.75, 3.05) is 0 Å². The lowest BCUT2D eigenvalue weighted by Crippen LogP contribution is -2.25. The molecule has 0 saturated heterocycles. The molecule has 112 valence electrons. The summed E-state index contributed by atoms with van der Waals surface area (Å²) >= 11 is 6.15. The summed E-state index contributed by atoms with van der Waals surface area (Å²) < 4.78 is 13.2. The summed E-state index contributed by atoms with van der Waals surface area (Å²) in [5.41, 5.74) is 2.19. The van der Waals surface area contributed by atoms with E-state index < -0.39 is 0 Å². The van der Waals surface area contributed by atoms with Gasteiger partial charge < -0.3 is 5.32 Å². The van der Waals surface area contributed by atoms with E-state index in [0.717, 1.165) is 18.4 Å². The Morgan fingerprint density at radius 2 is 1.86 bits per heavy atom. The second-order valence-corrected chi connectivity index (χ2v) is 5.71. The van der Waals surface area contributed by atoms with Crippen LogP contribution in [0.3, 0.4) is 0 Å². The van der Waals surface area contributed by atoms with Gasteiger partial charge in [0.15, 0.2) is 0 Å². The maximum absolute atomic E-state index is 13.2. The van der Waals surface area contributed by atoms with Crippen LogP contribution in [0.2, 0.25) is 5.02 Å². The topological polar surface area (TPSA) is 12.0 Å². The lowest BCUT2D eigenvalue weighted by atomic mass is 9.99. The molecule has 1 nitrogen and oxygen atoms in total. The molecule has 2 atom stereocenters. The summed E-state index contributed by atoms with van der Waals surface area (Å²) in [5.74, 6) is -0.302. The zero-order valence-corrected chi connectivity index (χ0v) is 13.2. The zero-order chi connectivity index (χ0) is 15.2. The fraction of sp³-hybridized carbons (Fsp3) is 0.333. The molecule has 2 aromatic rings. The van der Waals surface area contributed by atoms with Crippen LogP contribution in [0, 0.1) is 5.82 Å². The van der Waals surface area contributed by atoms with Gasteiger partial charge in [0, 0.05) is 17.1 Å². The molecule has 2 rings (SSSR count). The Kier molecular flexibility index (Phi) is 5.77. The molecule has 3 heteroatoms. The van der Waals surface area contributed by atoms with Crippen molar-refractivity contribution < 1.29 is 4.39 Å². The number of hydrogen-bond donors (Lipinski definition) is 1. The maximum Gasteiger partial charge on any atom is 0.124 e. The minimum atomic E-state index is -0.302. The third-order valence-corrected chi connectivity index (χ3v) is 3.99. The van der Waals surface area contributed by atoms with E-state index in [0.29, 0.717) is 5.02 Å². The van der Waals surface area contributed by atoms with Crippen molar-refractivity contribution >= 4 is 11.6 Å². The largest absolute Gasteiger partial charge is 0.303 e. The molecule has 21 heavy (non-hydrogen) atoms. The lowest BCUT2D eigenvalue weighted by molar-refractivity contribution is 0.439. The van der Waals surface area contributed by atoms with Crippen LogP contribution in [0.25, 0.3) is 0 Å². The smallest absolute Gasteiger partial charge is 0.124 e. The molecule has 2 aromatic carbocycles. The van der Waals surface area contributed by atoms with Gasteiger partial charge >= 0.3 is 0 Å². The average Bonchev–Trinajstić information content (AvgIpc) is 2.47. The first-order chi connectivity index (χ1) is 10.1. The summed E-state index contributed by atoms with van der Waals surface area (Å²) in [5, 5.41) is 4.07. The molecular weight excluding hydrogens is 285 g/mol. The van der Waals surface area contributed by atoms with Crippen LogP contribution in [0.5, 0.6) is 0 Å². The monoisotopic (exact) mass is 305 g/mol. The molecule has 0 aromatic heterocycles. The highest BCUT2D eigenvalue weighted by atomic mass is 35.5. The fourth-order valence-corrected chi connectivity index (χ4v) is 2.90. The van der Waals surface area contributed by atoms with Crippen molar-refractivity contribution in [2.24, 2.45) is 0 Å². The molecule has 0 bridgehead atoms. The van der Waals surface area contributed by atoms with Crippen LogP contribution >= 0.6 is 11.6 Å². The molecule has 0 amide bonds. The Labute approximate surface area is 131 Å². The summed E-state index contributed by atoms with van der Waals surface area (Å²) in [7, 11) is 0. The standard InChI is InChI=1S/C18H21ClFN/c1-3-7-18(14-8-5-4-6-9-14)21-13(2)16-11-10-15(20)12-17(16)19/h4-6,8-13,18,21H,3,7H2,1-2H3. The van der Waals surface area contributed by atoms with Crippen molar-refractivity contribution in [3.63, 3.8) is 0 Å². The minimum Gasteiger partial charge on any atom is -0.303 e. The van der Waals surface area contributed by atoms with E-state index in [2.05, 4.69) is 43.4 Å². The van der Waals surface area contributed by atoms with Crippen LogP contribution in [-0.2, 0) is 0 Å². The Bertz CT molecular complexity index is 571. The third-order valence-electron chi connectivity index (χ3n) is 3.66. The molecule has 1 N–H and O–H groups in total. The van der Waals surface area contributed by atoms with Crippen LogP contribution in [0.15, 0.2) is 48.5 Å². The Morgan fingerprint density at radius 3 is 2.48 bits per heavy atom. The summed E-state index contributed by atoms with van der Waals surface area (Å²) in [4.78, 5) is 0. The van der Waals surface area contributed by atoms with Gasteiger partial charge in [-0.2, -0.15) is 0 Å². The molecule has 0 saturated carbocycles. The van der Waals surface area contributed by atoms with Crippen LogP contribution in [0.1, 0.15) is 49.9 Å². The van der Waals surface area contributed by atoms with Gasteiger partial charge in [-0.25, -0.2) is 4.39 Å². The van der Waals surface area contributed by atoms with Gasteiger partial charge in [0.1, 0.15) is 5.82 Å². The highest BCUT2D eigenvalue weighted by molar-refractivity contribution is 6.31. The first kappa shape index (κ1) is 16.0. The molecule has 0 spiro atoms. The Balaban J connectivity index is 2.16. The van der Waals surface area contributed by atoms with Gasteiger partial charge in [-0.1, -0.05) is 61.3 Å². The molecule has 0 fully saturated rings. The van der Waals surface area contributed by atoms with Crippen molar-refractivity contribution in [3.8, 4) is 0 Å². The van der Waals surface area contributed by atoms with E-state index >= 15 is 0 Å². The van der Waals surface area contributed by atoms with E-state index in [4.69, 9.17) is 11.6 Å². The molecular formula is C18H21ClFN. The van der Waals surface area contributed by atoms with Crippen LogP contribution in [-0.4, -0.2) is 0 Å². The number of rotatable bonds is 6. The van der Waals surface area contributed by atoms with Gasteiger partial charge in [0.05, 0.1) is 0 Å². The second-order valence-electron chi connectivity index (χ2n) is 5.31. The van der Waals surface area contributed by atoms with Gasteiger partial charge in [0.2, 0.25) is 0 Å². The quantitative estimate of drug-likeness (QED) is 0.725. The molecule has 2 unspecified atom stereocenters. The van der Waals surface area contributed by atoms with Crippen molar-refractivity contribution in [1.82, 2.24) is 5.32 Å². The highest BCUT2D eigenvalue weighted by Crippen LogP contribution is 2.27. The first-order valence-corrected chi connectivity index (χ1v) is 7.75. The van der Waals surface area contributed by atoms with Crippen molar-refractivity contribution in [1.29, 1.82) is 0 Å². The predicted molar refractivity (Wildman–Crippen MR) is 87.1 cm³/mol. The predicted octanol–water partition coefficient (Wildman–Crippen LogP) is 5.67. The lowest BCUT2D eigenvalue weighted by Gasteiger charge is -2.24. The number of halogens is 2. The SMILES string of the molecule is CCCC(NC(C)c1ccc(F)cc1Cl)c1ccccc1. The molecule has 0 radical (unpaired) electrons. The normalized spacial score (nSPS) is 13.9. The van der Waals surface area contributed by atoms with E-state index in [9.17, 15) is 4.39 Å². The van der Waals surface area contributed by atoms with Crippen LogP contribution in [0.4, 0.5) is 4.39 Å². The van der Waals surface area contributed by atoms with Crippen molar-refractivity contribution in [3.05, 3.63) is 70.5 Å². The van der Waals surface area contributed by atoms with Gasteiger partial charge in [-0.15, -0.1) is 0 Å².